The number of fused-ring (bicyclic) bond motifs is 1. The van der Waals surface area contributed by atoms with Crippen LogP contribution in [0.25, 0.3) is 6.08 Å². The molecule has 74 valence electrons. The molecule has 1 aromatic rings. The molecule has 0 saturated heterocycles. The predicted molar refractivity (Wildman–Crippen MR) is 62.3 cm³/mol. The van der Waals surface area contributed by atoms with Crippen LogP contribution in [0.4, 0.5) is 5.69 Å². The number of nitrogens with one attached hydrogen (secondary N) is 1. The van der Waals surface area contributed by atoms with Crippen molar-refractivity contribution in [2.45, 2.75) is 26.3 Å². The Morgan fingerprint density at radius 1 is 1.29 bits per heavy atom. The quantitative estimate of drug-likeness (QED) is 0.709. The van der Waals surface area contributed by atoms with Gasteiger partial charge in [-0.25, -0.2) is 0 Å². The highest BCUT2D eigenvalue weighted by molar-refractivity contribution is 5.68. The summed E-state index contributed by atoms with van der Waals surface area (Å²) in [6, 6.07) is 9.05. The number of hydrogen-bond donors (Lipinski definition) is 1. The largest absolute Gasteiger partial charge is 0.381 e. The molecule has 1 heterocycles. The molecule has 1 aliphatic rings. The van der Waals surface area contributed by atoms with E-state index in [1.165, 1.54) is 17.7 Å². The van der Waals surface area contributed by atoms with Crippen molar-refractivity contribution in [3.63, 3.8) is 0 Å². The van der Waals surface area contributed by atoms with Crippen molar-refractivity contribution in [3.05, 3.63) is 35.9 Å². The zero-order valence-corrected chi connectivity index (χ0v) is 8.83. The molecule has 0 amide bonds. The van der Waals surface area contributed by atoms with Crippen molar-refractivity contribution in [2.75, 3.05) is 5.32 Å². The summed E-state index contributed by atoms with van der Waals surface area (Å²) in [6.45, 7) is 4.50. The summed E-state index contributed by atoms with van der Waals surface area (Å²) in [7, 11) is 0. The normalized spacial score (nSPS) is 25.0. The zero-order chi connectivity index (χ0) is 9.97. The fraction of sp³-hybridized carbons (Fsp3) is 0.385. The average Bonchev–Trinajstić information content (AvgIpc) is 2.38. The predicted octanol–water partition coefficient (Wildman–Crippen LogP) is 3.54. The minimum atomic E-state index is 0.565. The summed E-state index contributed by atoms with van der Waals surface area (Å²) in [4.78, 5) is 0. The number of rotatable bonds is 1. The van der Waals surface area contributed by atoms with Crippen molar-refractivity contribution in [1.82, 2.24) is 0 Å². The number of anilines is 1. The molecule has 0 fully saturated rings. The van der Waals surface area contributed by atoms with Crippen LogP contribution in [0, 0.1) is 5.92 Å². The van der Waals surface area contributed by atoms with Gasteiger partial charge in [-0.05, 0) is 24.0 Å². The Kier molecular flexibility index (Phi) is 2.58. The second kappa shape index (κ2) is 3.87. The Balaban J connectivity index is 2.35. The second-order valence-corrected chi connectivity index (χ2v) is 3.96. The molecule has 1 aromatic carbocycles. The fourth-order valence-electron chi connectivity index (χ4n) is 1.97. The number of benzene rings is 1. The maximum atomic E-state index is 3.60. The van der Waals surface area contributed by atoms with Crippen molar-refractivity contribution >= 4 is 11.8 Å². The van der Waals surface area contributed by atoms with Gasteiger partial charge in [-0.2, -0.15) is 0 Å². The molecule has 0 unspecified atom stereocenters. The Bertz CT molecular complexity index is 341. The minimum Gasteiger partial charge on any atom is -0.381 e. The van der Waals surface area contributed by atoms with Gasteiger partial charge >= 0.3 is 0 Å². The van der Waals surface area contributed by atoms with Gasteiger partial charge in [-0.3, -0.25) is 0 Å². The topological polar surface area (TPSA) is 12.0 Å². The van der Waals surface area contributed by atoms with Gasteiger partial charge in [0.2, 0.25) is 0 Å². The van der Waals surface area contributed by atoms with Crippen LogP contribution >= 0.6 is 0 Å². The van der Waals surface area contributed by atoms with E-state index < -0.39 is 0 Å². The van der Waals surface area contributed by atoms with Crippen LogP contribution in [0.3, 0.4) is 0 Å². The lowest BCUT2D eigenvalue weighted by Gasteiger charge is -2.21. The lowest BCUT2D eigenvalue weighted by atomic mass is 10.00. The van der Waals surface area contributed by atoms with E-state index in [0.29, 0.717) is 12.0 Å². The van der Waals surface area contributed by atoms with E-state index in [0.717, 1.165) is 0 Å². The lowest BCUT2D eigenvalue weighted by molar-refractivity contribution is 0.562. The Morgan fingerprint density at radius 3 is 2.86 bits per heavy atom. The Hall–Kier alpha value is -1.24. The standard InChI is InChI=1S/C13H17N/c1-3-12-10(2)8-9-11-6-4-5-7-13(11)14-12/h4-10,12,14H,3H2,1-2H3/t10-,12+/m0/s1. The maximum Gasteiger partial charge on any atom is 0.0416 e. The smallest absolute Gasteiger partial charge is 0.0416 e. The molecular weight excluding hydrogens is 170 g/mol. The number of para-hydroxylation sites is 1. The van der Waals surface area contributed by atoms with Gasteiger partial charge in [0, 0.05) is 11.7 Å². The van der Waals surface area contributed by atoms with Crippen LogP contribution in [0.2, 0.25) is 0 Å². The molecule has 0 bridgehead atoms. The monoisotopic (exact) mass is 187 g/mol. The van der Waals surface area contributed by atoms with Gasteiger partial charge in [-0.15, -0.1) is 0 Å². The van der Waals surface area contributed by atoms with Gasteiger partial charge in [-0.1, -0.05) is 44.2 Å². The highest BCUT2D eigenvalue weighted by Crippen LogP contribution is 2.25. The highest BCUT2D eigenvalue weighted by atomic mass is 14.9. The van der Waals surface area contributed by atoms with Crippen LogP contribution < -0.4 is 5.32 Å². The molecule has 2 rings (SSSR count). The molecule has 0 radical (unpaired) electrons. The van der Waals surface area contributed by atoms with E-state index in [-0.39, 0.29) is 0 Å². The van der Waals surface area contributed by atoms with E-state index in [4.69, 9.17) is 0 Å². The third-order valence-electron chi connectivity index (χ3n) is 2.96. The van der Waals surface area contributed by atoms with E-state index in [1.54, 1.807) is 0 Å². The van der Waals surface area contributed by atoms with Gasteiger partial charge in [0.25, 0.3) is 0 Å². The van der Waals surface area contributed by atoms with Crippen LogP contribution in [0.5, 0.6) is 0 Å². The van der Waals surface area contributed by atoms with Crippen molar-refractivity contribution in [2.24, 2.45) is 5.92 Å². The summed E-state index contributed by atoms with van der Waals surface area (Å²) in [5, 5.41) is 3.60. The molecule has 0 aromatic heterocycles. The Labute approximate surface area is 85.8 Å². The van der Waals surface area contributed by atoms with E-state index in [2.05, 4.69) is 55.6 Å². The molecule has 0 saturated carbocycles. The molecular formula is C13H17N. The van der Waals surface area contributed by atoms with E-state index in [1.807, 2.05) is 0 Å². The SMILES string of the molecule is CC[C@H]1Nc2ccccc2C=C[C@@H]1C. The Morgan fingerprint density at radius 2 is 2.07 bits per heavy atom. The lowest BCUT2D eigenvalue weighted by Crippen LogP contribution is -2.24. The van der Waals surface area contributed by atoms with Gasteiger partial charge < -0.3 is 5.32 Å². The van der Waals surface area contributed by atoms with Gasteiger partial charge in [0.1, 0.15) is 0 Å². The average molecular weight is 187 g/mol. The summed E-state index contributed by atoms with van der Waals surface area (Å²) in [5.41, 5.74) is 2.57. The summed E-state index contributed by atoms with van der Waals surface area (Å²) >= 11 is 0. The van der Waals surface area contributed by atoms with Gasteiger partial charge in [0.05, 0.1) is 0 Å². The van der Waals surface area contributed by atoms with Crippen molar-refractivity contribution in [1.29, 1.82) is 0 Å². The molecule has 1 heteroatoms. The minimum absolute atomic E-state index is 0.565. The first-order chi connectivity index (χ1) is 6.81. The van der Waals surface area contributed by atoms with Crippen LogP contribution in [-0.4, -0.2) is 6.04 Å². The summed E-state index contributed by atoms with van der Waals surface area (Å²) in [5.74, 6) is 0.604. The third kappa shape index (κ3) is 1.67. The van der Waals surface area contributed by atoms with Crippen molar-refractivity contribution in [3.8, 4) is 0 Å². The molecule has 1 aliphatic heterocycles. The third-order valence-corrected chi connectivity index (χ3v) is 2.96. The molecule has 0 aliphatic carbocycles. The first kappa shape index (κ1) is 9.32. The van der Waals surface area contributed by atoms with Gasteiger partial charge in [0.15, 0.2) is 0 Å². The molecule has 1 nitrogen and oxygen atoms in total. The summed E-state index contributed by atoms with van der Waals surface area (Å²) < 4.78 is 0. The maximum absolute atomic E-state index is 3.60. The molecule has 1 N–H and O–H groups in total. The van der Waals surface area contributed by atoms with Crippen LogP contribution in [-0.2, 0) is 0 Å². The van der Waals surface area contributed by atoms with Crippen LogP contribution in [0.1, 0.15) is 25.8 Å². The van der Waals surface area contributed by atoms with Crippen molar-refractivity contribution < 1.29 is 0 Å². The van der Waals surface area contributed by atoms with Crippen LogP contribution in [0.15, 0.2) is 30.3 Å². The first-order valence-electron chi connectivity index (χ1n) is 5.35. The van der Waals surface area contributed by atoms with E-state index in [9.17, 15) is 0 Å². The van der Waals surface area contributed by atoms with E-state index >= 15 is 0 Å². The highest BCUT2D eigenvalue weighted by Gasteiger charge is 2.16. The zero-order valence-electron chi connectivity index (χ0n) is 8.83. The molecule has 14 heavy (non-hydrogen) atoms. The molecule has 0 spiro atoms. The summed E-state index contributed by atoms with van der Waals surface area (Å²) in [6.07, 6.45) is 5.69. The first-order valence-corrected chi connectivity index (χ1v) is 5.35. The number of hydrogen-bond acceptors (Lipinski definition) is 1. The second-order valence-electron chi connectivity index (χ2n) is 3.96. The molecule has 2 atom stereocenters. The fourth-order valence-corrected chi connectivity index (χ4v) is 1.97.